The van der Waals surface area contributed by atoms with Crippen molar-refractivity contribution < 1.29 is 0 Å². The summed E-state index contributed by atoms with van der Waals surface area (Å²) >= 11 is 0. The summed E-state index contributed by atoms with van der Waals surface area (Å²) in [6.07, 6.45) is 3.42. The van der Waals surface area contributed by atoms with E-state index in [9.17, 15) is 0 Å². The predicted octanol–water partition coefficient (Wildman–Crippen LogP) is -0.127. The quantitative estimate of drug-likeness (QED) is 0.471. The minimum absolute atomic E-state index is 0.642. The van der Waals surface area contributed by atoms with Crippen LogP contribution in [0.15, 0.2) is 23.1 Å². The number of hydrogen-bond acceptors (Lipinski definition) is 3. The normalized spacial score (nSPS) is 16.6. The van der Waals surface area contributed by atoms with E-state index in [0.717, 1.165) is 0 Å². The minimum Gasteiger partial charge on any atom is -0.384 e. The van der Waals surface area contributed by atoms with Gasteiger partial charge < -0.3 is 5.73 Å². The highest BCUT2D eigenvalue weighted by molar-refractivity contribution is 5.56. The second kappa shape index (κ2) is 1.72. The Balaban J connectivity index is 2.86. The molecule has 0 bridgehead atoms. The zero-order valence-corrected chi connectivity index (χ0v) is 4.63. The molecule has 0 atom stereocenters. The number of rotatable bonds is 0. The summed E-state index contributed by atoms with van der Waals surface area (Å²) in [6, 6.07) is 0. The first-order valence-electron chi connectivity index (χ1n) is 2.29. The van der Waals surface area contributed by atoms with E-state index in [2.05, 4.69) is 11.0 Å². The van der Waals surface area contributed by atoms with Crippen LogP contribution in [0.4, 0.5) is 0 Å². The molecule has 0 aliphatic carbocycles. The summed E-state index contributed by atoms with van der Waals surface area (Å²) in [4.78, 5) is 0. The van der Waals surface area contributed by atoms with Crippen molar-refractivity contribution in [2.45, 2.75) is 0 Å². The second-order valence-electron chi connectivity index (χ2n) is 1.51. The Morgan fingerprint density at radius 3 is 3.00 bits per heavy atom. The molecule has 3 heteroatoms. The molecule has 8 heavy (non-hydrogen) atoms. The zero-order valence-electron chi connectivity index (χ0n) is 4.63. The van der Waals surface area contributed by atoms with Gasteiger partial charge in [0.2, 0.25) is 0 Å². The van der Waals surface area contributed by atoms with Crippen LogP contribution in [0.25, 0.3) is 0 Å². The zero-order chi connectivity index (χ0) is 5.98. The van der Waals surface area contributed by atoms with Crippen LogP contribution in [-0.4, -0.2) is 17.9 Å². The molecular weight excluding hydrogens is 102 g/mol. The number of hydrazone groups is 1. The molecule has 42 valence electrons. The highest BCUT2D eigenvalue weighted by Gasteiger charge is 1.94. The molecular formula is C5H7N3. The van der Waals surface area contributed by atoms with Crippen molar-refractivity contribution in [3.8, 4) is 0 Å². The van der Waals surface area contributed by atoms with E-state index < -0.39 is 0 Å². The number of nitrogens with zero attached hydrogens (tertiary/aromatic N) is 2. The van der Waals surface area contributed by atoms with Gasteiger partial charge in [-0.15, -0.1) is 5.10 Å². The molecule has 0 aromatic carbocycles. The van der Waals surface area contributed by atoms with Crippen LogP contribution < -0.4 is 5.73 Å². The van der Waals surface area contributed by atoms with Crippen molar-refractivity contribution >= 4 is 5.87 Å². The molecule has 1 rings (SSSR count). The Kier molecular flexibility index (Phi) is 1.06. The maximum absolute atomic E-state index is 5.40. The molecule has 1 aliphatic heterocycles. The topological polar surface area (TPSA) is 41.6 Å². The highest BCUT2D eigenvalue weighted by Crippen LogP contribution is 1.94. The molecule has 0 aromatic heterocycles. The van der Waals surface area contributed by atoms with Gasteiger partial charge in [0.1, 0.15) is 5.82 Å². The van der Waals surface area contributed by atoms with Gasteiger partial charge >= 0.3 is 0 Å². The standard InChI is InChI=1S/C5H7N3/c1-8-5(6)3-2-4-7-8/h2-3H,6H2,1H3. The van der Waals surface area contributed by atoms with Gasteiger partial charge in [-0.2, -0.15) is 0 Å². The van der Waals surface area contributed by atoms with E-state index in [1.807, 2.05) is 0 Å². The summed E-state index contributed by atoms with van der Waals surface area (Å²) < 4.78 is 0. The van der Waals surface area contributed by atoms with E-state index in [1.54, 1.807) is 24.2 Å². The van der Waals surface area contributed by atoms with Crippen molar-refractivity contribution in [2.75, 3.05) is 7.05 Å². The molecule has 0 radical (unpaired) electrons. The summed E-state index contributed by atoms with van der Waals surface area (Å²) in [5.41, 5.74) is 5.40. The highest BCUT2D eigenvalue weighted by atomic mass is 15.5. The minimum atomic E-state index is 0.642. The van der Waals surface area contributed by atoms with E-state index in [-0.39, 0.29) is 0 Å². The van der Waals surface area contributed by atoms with E-state index in [1.165, 1.54) is 0 Å². The lowest BCUT2D eigenvalue weighted by Gasteiger charge is -2.11. The fourth-order valence-corrected chi connectivity index (χ4v) is 0.408. The molecule has 1 aliphatic rings. The largest absolute Gasteiger partial charge is 0.384 e. The fraction of sp³-hybridized carbons (Fsp3) is 0.200. The Labute approximate surface area is 47.8 Å². The fourth-order valence-electron chi connectivity index (χ4n) is 0.408. The third-order valence-corrected chi connectivity index (χ3v) is 0.910. The Morgan fingerprint density at radius 1 is 1.88 bits per heavy atom. The van der Waals surface area contributed by atoms with Crippen molar-refractivity contribution in [1.29, 1.82) is 0 Å². The predicted molar refractivity (Wildman–Crippen MR) is 32.0 cm³/mol. The van der Waals surface area contributed by atoms with E-state index in [4.69, 9.17) is 5.73 Å². The van der Waals surface area contributed by atoms with E-state index >= 15 is 0 Å². The van der Waals surface area contributed by atoms with Crippen LogP contribution in [0, 0.1) is 0 Å². The van der Waals surface area contributed by atoms with Crippen LogP contribution >= 0.6 is 0 Å². The van der Waals surface area contributed by atoms with Gasteiger partial charge in [0, 0.05) is 19.0 Å². The summed E-state index contributed by atoms with van der Waals surface area (Å²) in [5.74, 6) is 3.28. The third kappa shape index (κ3) is 0.718. The summed E-state index contributed by atoms with van der Waals surface area (Å²) in [7, 11) is 1.77. The molecule has 0 spiro atoms. The first-order chi connectivity index (χ1) is 3.80. The van der Waals surface area contributed by atoms with Gasteiger partial charge in [-0.05, 0) is 6.08 Å². The van der Waals surface area contributed by atoms with Crippen molar-refractivity contribution in [3.05, 3.63) is 18.0 Å². The SMILES string of the molecule is CN1N=C=CC=C1N. The van der Waals surface area contributed by atoms with Gasteiger partial charge in [-0.3, -0.25) is 0 Å². The lowest BCUT2D eigenvalue weighted by Crippen LogP contribution is -2.18. The smallest absolute Gasteiger partial charge is 0.121 e. The second-order valence-corrected chi connectivity index (χ2v) is 1.51. The van der Waals surface area contributed by atoms with Gasteiger partial charge in [0.15, 0.2) is 0 Å². The molecule has 2 N–H and O–H groups in total. The average molecular weight is 109 g/mol. The number of hydrogen-bond donors (Lipinski definition) is 1. The monoisotopic (exact) mass is 109 g/mol. The first kappa shape index (κ1) is 4.94. The maximum Gasteiger partial charge on any atom is 0.121 e. The van der Waals surface area contributed by atoms with Crippen molar-refractivity contribution in [2.24, 2.45) is 10.8 Å². The lowest BCUT2D eigenvalue weighted by molar-refractivity contribution is 0.442. The summed E-state index contributed by atoms with van der Waals surface area (Å²) in [5, 5.41) is 5.30. The van der Waals surface area contributed by atoms with Gasteiger partial charge in [-0.25, -0.2) is 5.01 Å². The number of allylic oxidation sites excluding steroid dienone is 2. The van der Waals surface area contributed by atoms with Crippen molar-refractivity contribution in [3.63, 3.8) is 0 Å². The maximum atomic E-state index is 5.40. The molecule has 0 amide bonds. The number of nitrogens with two attached hydrogens (primary N) is 1. The van der Waals surface area contributed by atoms with Gasteiger partial charge in [0.05, 0.1) is 0 Å². The van der Waals surface area contributed by atoms with Gasteiger partial charge in [-0.1, -0.05) is 0 Å². The van der Waals surface area contributed by atoms with E-state index in [0.29, 0.717) is 5.82 Å². The van der Waals surface area contributed by atoms with Crippen LogP contribution in [0.5, 0.6) is 0 Å². The molecule has 0 fully saturated rings. The molecule has 3 nitrogen and oxygen atoms in total. The average Bonchev–Trinajstić information content (AvgIpc) is 1.77. The third-order valence-electron chi connectivity index (χ3n) is 0.910. The van der Waals surface area contributed by atoms with Crippen LogP contribution in [-0.2, 0) is 0 Å². The first-order valence-corrected chi connectivity index (χ1v) is 2.29. The molecule has 1 heterocycles. The van der Waals surface area contributed by atoms with Crippen LogP contribution in [0.2, 0.25) is 0 Å². The van der Waals surface area contributed by atoms with Crippen molar-refractivity contribution in [1.82, 2.24) is 5.01 Å². The molecule has 0 saturated heterocycles. The molecule has 0 aromatic rings. The van der Waals surface area contributed by atoms with Crippen LogP contribution in [0.1, 0.15) is 0 Å². The van der Waals surface area contributed by atoms with Gasteiger partial charge in [0.25, 0.3) is 0 Å². The Bertz CT molecular complexity index is 174. The Hall–Kier alpha value is -1.21. The molecule has 0 unspecified atom stereocenters. The Morgan fingerprint density at radius 2 is 2.62 bits per heavy atom. The summed E-state index contributed by atoms with van der Waals surface area (Å²) in [6.45, 7) is 0. The lowest BCUT2D eigenvalue weighted by atomic mass is 10.5. The van der Waals surface area contributed by atoms with Crippen LogP contribution in [0.3, 0.4) is 0 Å². The molecule has 0 saturated carbocycles.